The molecule has 2 fully saturated rings. The van der Waals surface area contributed by atoms with E-state index in [4.69, 9.17) is 0 Å². The molecule has 2 heterocycles. The smallest absolute Gasteiger partial charge is 0.00193 e. The van der Waals surface area contributed by atoms with Crippen molar-refractivity contribution in [3.8, 4) is 0 Å². The first kappa shape index (κ1) is 6.99. The summed E-state index contributed by atoms with van der Waals surface area (Å²) in [7, 11) is 0. The third-order valence-corrected chi connectivity index (χ3v) is 5.01. The lowest BCUT2D eigenvalue weighted by Gasteiger charge is -2.31. The van der Waals surface area contributed by atoms with Crippen LogP contribution in [0, 0.1) is 10.8 Å². The number of fused-ring (bicyclic) bond motifs is 1. The van der Waals surface area contributed by atoms with E-state index >= 15 is 0 Å². The Morgan fingerprint density at radius 2 is 1.60 bits per heavy atom. The lowest BCUT2D eigenvalue weighted by atomic mass is 9.71. The van der Waals surface area contributed by atoms with Crippen molar-refractivity contribution in [2.45, 2.75) is 13.8 Å². The number of nitrogens with one attached hydrogen (secondary N) is 1. The van der Waals surface area contributed by atoms with Crippen LogP contribution in [-0.2, 0) is 0 Å². The van der Waals surface area contributed by atoms with Gasteiger partial charge in [-0.05, 0) is 10.8 Å². The fourth-order valence-corrected chi connectivity index (χ4v) is 3.90. The van der Waals surface area contributed by atoms with Crippen LogP contribution in [0.2, 0.25) is 0 Å². The molecule has 1 N–H and O–H groups in total. The molecule has 0 aliphatic carbocycles. The van der Waals surface area contributed by atoms with Gasteiger partial charge in [-0.2, -0.15) is 11.8 Å². The summed E-state index contributed by atoms with van der Waals surface area (Å²) < 4.78 is 0. The first-order valence-electron chi connectivity index (χ1n) is 3.95. The van der Waals surface area contributed by atoms with E-state index in [1.165, 1.54) is 24.6 Å². The van der Waals surface area contributed by atoms with E-state index in [2.05, 4.69) is 30.9 Å². The second-order valence-corrected chi connectivity index (χ2v) is 5.20. The van der Waals surface area contributed by atoms with Gasteiger partial charge in [-0.1, -0.05) is 13.8 Å². The predicted octanol–water partition coefficient (Wildman–Crippen LogP) is 1.35. The maximum Gasteiger partial charge on any atom is 0.00193 e. The number of rotatable bonds is 0. The summed E-state index contributed by atoms with van der Waals surface area (Å²) in [6.07, 6.45) is 0. The van der Waals surface area contributed by atoms with Gasteiger partial charge in [0.1, 0.15) is 0 Å². The summed E-state index contributed by atoms with van der Waals surface area (Å²) in [4.78, 5) is 0. The van der Waals surface area contributed by atoms with E-state index < -0.39 is 0 Å². The molecule has 0 aromatic carbocycles. The molecule has 2 rings (SSSR count). The molecule has 2 unspecified atom stereocenters. The highest BCUT2D eigenvalue weighted by Gasteiger charge is 2.51. The maximum atomic E-state index is 3.49. The van der Waals surface area contributed by atoms with Gasteiger partial charge in [0, 0.05) is 24.6 Å². The zero-order valence-electron chi connectivity index (χ0n) is 6.74. The van der Waals surface area contributed by atoms with Crippen molar-refractivity contribution < 1.29 is 0 Å². The van der Waals surface area contributed by atoms with Gasteiger partial charge in [-0.25, -0.2) is 0 Å². The summed E-state index contributed by atoms with van der Waals surface area (Å²) in [6.45, 7) is 7.31. The van der Waals surface area contributed by atoms with Gasteiger partial charge >= 0.3 is 0 Å². The molecule has 0 amide bonds. The van der Waals surface area contributed by atoms with Crippen molar-refractivity contribution in [3.05, 3.63) is 0 Å². The average molecular weight is 157 g/mol. The molecule has 2 aliphatic rings. The molecule has 2 heteroatoms. The molecule has 0 aromatic heterocycles. The van der Waals surface area contributed by atoms with Crippen LogP contribution in [0.3, 0.4) is 0 Å². The standard InChI is InChI=1S/C8H15NS/c1-7-3-9-4-8(7,2)6-10-5-7/h9H,3-6H2,1-2H3. The number of hydrogen-bond donors (Lipinski definition) is 1. The van der Waals surface area contributed by atoms with Gasteiger partial charge in [0.15, 0.2) is 0 Å². The maximum absolute atomic E-state index is 3.49. The Kier molecular flexibility index (Phi) is 1.34. The van der Waals surface area contributed by atoms with Crippen LogP contribution < -0.4 is 5.32 Å². The highest BCUT2D eigenvalue weighted by molar-refractivity contribution is 7.99. The topological polar surface area (TPSA) is 12.0 Å². The Hall–Kier alpha value is 0.310. The van der Waals surface area contributed by atoms with Crippen LogP contribution >= 0.6 is 11.8 Å². The Morgan fingerprint density at radius 1 is 1.10 bits per heavy atom. The van der Waals surface area contributed by atoms with Crippen molar-refractivity contribution >= 4 is 11.8 Å². The van der Waals surface area contributed by atoms with E-state index in [-0.39, 0.29) is 0 Å². The summed E-state index contributed by atoms with van der Waals surface area (Å²) >= 11 is 2.12. The van der Waals surface area contributed by atoms with E-state index in [1.807, 2.05) is 0 Å². The summed E-state index contributed by atoms with van der Waals surface area (Å²) in [5.41, 5.74) is 1.19. The van der Waals surface area contributed by atoms with E-state index in [9.17, 15) is 0 Å². The monoisotopic (exact) mass is 157 g/mol. The largest absolute Gasteiger partial charge is 0.316 e. The molecule has 0 bridgehead atoms. The summed E-state index contributed by atoms with van der Waals surface area (Å²) in [6, 6.07) is 0. The summed E-state index contributed by atoms with van der Waals surface area (Å²) in [5, 5.41) is 3.49. The minimum Gasteiger partial charge on any atom is -0.316 e. The highest BCUT2D eigenvalue weighted by atomic mass is 32.2. The fourth-order valence-electron chi connectivity index (χ4n) is 1.99. The van der Waals surface area contributed by atoms with Crippen molar-refractivity contribution in [2.75, 3.05) is 24.6 Å². The minimum absolute atomic E-state index is 0.595. The Bertz CT molecular complexity index is 129. The van der Waals surface area contributed by atoms with Crippen LogP contribution in [0.15, 0.2) is 0 Å². The Labute approximate surface area is 67.0 Å². The van der Waals surface area contributed by atoms with Gasteiger partial charge < -0.3 is 5.32 Å². The zero-order valence-corrected chi connectivity index (χ0v) is 7.55. The van der Waals surface area contributed by atoms with Crippen molar-refractivity contribution in [1.82, 2.24) is 5.32 Å². The zero-order chi connectivity index (χ0) is 7.24. The Morgan fingerprint density at radius 3 is 2.10 bits per heavy atom. The number of thioether (sulfide) groups is 1. The normalized spacial score (nSPS) is 53.4. The van der Waals surface area contributed by atoms with Gasteiger partial charge in [0.05, 0.1) is 0 Å². The van der Waals surface area contributed by atoms with Crippen molar-refractivity contribution in [2.24, 2.45) is 10.8 Å². The molecule has 1 nitrogen and oxygen atoms in total. The van der Waals surface area contributed by atoms with Crippen LogP contribution in [0.1, 0.15) is 13.8 Å². The van der Waals surface area contributed by atoms with Crippen molar-refractivity contribution in [3.63, 3.8) is 0 Å². The Balaban J connectivity index is 2.30. The SMILES string of the molecule is CC12CNCC1(C)CSC2. The highest BCUT2D eigenvalue weighted by Crippen LogP contribution is 2.52. The minimum atomic E-state index is 0.595. The summed E-state index contributed by atoms with van der Waals surface area (Å²) in [5.74, 6) is 2.72. The third-order valence-electron chi connectivity index (χ3n) is 3.33. The first-order valence-corrected chi connectivity index (χ1v) is 5.10. The van der Waals surface area contributed by atoms with Crippen LogP contribution in [0.25, 0.3) is 0 Å². The van der Waals surface area contributed by atoms with Crippen molar-refractivity contribution in [1.29, 1.82) is 0 Å². The van der Waals surface area contributed by atoms with E-state index in [0.29, 0.717) is 10.8 Å². The van der Waals surface area contributed by atoms with Crippen LogP contribution in [0.4, 0.5) is 0 Å². The molecule has 2 aliphatic heterocycles. The molecule has 0 spiro atoms. The lowest BCUT2D eigenvalue weighted by molar-refractivity contribution is 0.212. The first-order chi connectivity index (χ1) is 4.66. The molecule has 58 valence electrons. The van der Waals surface area contributed by atoms with Crippen LogP contribution in [-0.4, -0.2) is 24.6 Å². The second kappa shape index (κ2) is 1.92. The van der Waals surface area contributed by atoms with E-state index in [0.717, 1.165) is 0 Å². The number of hydrogen-bond acceptors (Lipinski definition) is 2. The molecule has 0 aromatic rings. The molecule has 0 radical (unpaired) electrons. The van der Waals surface area contributed by atoms with Gasteiger partial charge in [0.2, 0.25) is 0 Å². The molecule has 2 atom stereocenters. The third kappa shape index (κ3) is 0.693. The molecular formula is C8H15NS. The van der Waals surface area contributed by atoms with Gasteiger partial charge in [-0.3, -0.25) is 0 Å². The van der Waals surface area contributed by atoms with Gasteiger partial charge in [0.25, 0.3) is 0 Å². The van der Waals surface area contributed by atoms with E-state index in [1.54, 1.807) is 0 Å². The quantitative estimate of drug-likeness (QED) is 0.569. The van der Waals surface area contributed by atoms with Gasteiger partial charge in [-0.15, -0.1) is 0 Å². The predicted molar refractivity (Wildman–Crippen MR) is 46.4 cm³/mol. The fraction of sp³-hybridized carbons (Fsp3) is 1.00. The lowest BCUT2D eigenvalue weighted by Crippen LogP contribution is -2.34. The average Bonchev–Trinajstić information content (AvgIpc) is 2.20. The molecular weight excluding hydrogens is 142 g/mol. The molecule has 10 heavy (non-hydrogen) atoms. The second-order valence-electron chi connectivity index (χ2n) is 4.22. The van der Waals surface area contributed by atoms with Crippen LogP contribution in [0.5, 0.6) is 0 Å². The molecule has 0 saturated carbocycles. The molecule has 2 saturated heterocycles.